The van der Waals surface area contributed by atoms with E-state index in [-0.39, 0.29) is 5.82 Å². The molecule has 2 aromatic rings. The predicted molar refractivity (Wildman–Crippen MR) is 65.4 cm³/mol. The van der Waals surface area contributed by atoms with Gasteiger partial charge in [-0.15, -0.1) is 0 Å². The number of pyridine rings is 1. The number of hydrogen-bond donors (Lipinski definition) is 1. The first kappa shape index (κ1) is 12.1. The summed E-state index contributed by atoms with van der Waals surface area (Å²) in [6, 6.07) is 9.99. The Balaban J connectivity index is 2.11. The van der Waals surface area contributed by atoms with Crippen LogP contribution in [0.25, 0.3) is 0 Å². The molecule has 17 heavy (non-hydrogen) atoms. The Labute approximate surface area is 104 Å². The van der Waals surface area contributed by atoms with E-state index >= 15 is 0 Å². The Kier molecular flexibility index (Phi) is 3.76. The molecule has 0 aliphatic carbocycles. The number of nitrogens with zero attached hydrogens (tertiary/aromatic N) is 1. The van der Waals surface area contributed by atoms with Gasteiger partial charge in [-0.05, 0) is 43.3 Å². The van der Waals surface area contributed by atoms with Crippen LogP contribution in [0.2, 0.25) is 0 Å². The minimum Gasteiger partial charge on any atom is -0.387 e. The van der Waals surface area contributed by atoms with Crippen LogP contribution in [0.4, 0.5) is 4.39 Å². The molecular weight excluding hydrogens is 237 g/mol. The first-order chi connectivity index (χ1) is 8.15. The molecule has 0 aliphatic heterocycles. The molecular formula is C13H12FNOS. The minimum atomic E-state index is -0.556. The molecule has 0 fully saturated rings. The molecule has 2 nitrogen and oxygen atoms in total. The van der Waals surface area contributed by atoms with Crippen molar-refractivity contribution in [1.82, 2.24) is 4.98 Å². The zero-order valence-corrected chi connectivity index (χ0v) is 10.1. The highest BCUT2D eigenvalue weighted by Crippen LogP contribution is 2.27. The molecule has 1 atom stereocenters. The van der Waals surface area contributed by atoms with Crippen LogP contribution in [0.3, 0.4) is 0 Å². The Morgan fingerprint density at radius 3 is 2.29 bits per heavy atom. The third kappa shape index (κ3) is 3.28. The van der Waals surface area contributed by atoms with Crippen LogP contribution in [0.1, 0.15) is 18.7 Å². The topological polar surface area (TPSA) is 33.1 Å². The molecule has 0 spiro atoms. The zero-order chi connectivity index (χ0) is 12.3. The van der Waals surface area contributed by atoms with E-state index in [1.165, 1.54) is 23.9 Å². The smallest absolute Gasteiger partial charge is 0.123 e. The van der Waals surface area contributed by atoms with Gasteiger partial charge in [-0.25, -0.2) is 4.39 Å². The molecule has 4 heteroatoms. The van der Waals surface area contributed by atoms with Crippen molar-refractivity contribution in [3.05, 3.63) is 54.1 Å². The van der Waals surface area contributed by atoms with Gasteiger partial charge in [0.05, 0.1) is 11.8 Å². The maximum absolute atomic E-state index is 12.7. The fourth-order valence-corrected chi connectivity index (χ4v) is 2.12. The van der Waals surface area contributed by atoms with E-state index < -0.39 is 6.10 Å². The third-order valence-corrected chi connectivity index (χ3v) is 3.22. The molecule has 0 amide bonds. The van der Waals surface area contributed by atoms with Gasteiger partial charge in [0, 0.05) is 16.0 Å². The summed E-state index contributed by atoms with van der Waals surface area (Å²) < 4.78 is 12.7. The molecule has 1 aromatic heterocycles. The van der Waals surface area contributed by atoms with Crippen molar-refractivity contribution >= 4 is 11.8 Å². The van der Waals surface area contributed by atoms with Gasteiger partial charge in [-0.1, -0.05) is 11.8 Å². The molecule has 1 aromatic carbocycles. The van der Waals surface area contributed by atoms with Crippen LogP contribution in [0.15, 0.2) is 52.4 Å². The number of rotatable bonds is 3. The van der Waals surface area contributed by atoms with Gasteiger partial charge < -0.3 is 5.11 Å². The molecule has 0 radical (unpaired) electrons. The second kappa shape index (κ2) is 5.29. The summed E-state index contributed by atoms with van der Waals surface area (Å²) in [4.78, 5) is 6.06. The monoisotopic (exact) mass is 249 g/mol. The van der Waals surface area contributed by atoms with Crippen molar-refractivity contribution in [2.24, 2.45) is 0 Å². The maximum Gasteiger partial charge on any atom is 0.123 e. The third-order valence-electron chi connectivity index (χ3n) is 2.24. The second-order valence-corrected chi connectivity index (χ2v) is 4.80. The summed E-state index contributed by atoms with van der Waals surface area (Å²) in [6.07, 6.45) is 1.15. The lowest BCUT2D eigenvalue weighted by atomic mass is 10.2. The summed E-state index contributed by atoms with van der Waals surface area (Å²) in [5.74, 6) is -0.239. The number of aromatic nitrogens is 1. The van der Waals surface area contributed by atoms with Crippen molar-refractivity contribution < 1.29 is 9.50 Å². The van der Waals surface area contributed by atoms with Crippen molar-refractivity contribution in [3.63, 3.8) is 0 Å². The van der Waals surface area contributed by atoms with Gasteiger partial charge in [0.2, 0.25) is 0 Å². The van der Waals surface area contributed by atoms with E-state index in [9.17, 15) is 9.50 Å². The van der Waals surface area contributed by atoms with Crippen molar-refractivity contribution in [1.29, 1.82) is 0 Å². The lowest BCUT2D eigenvalue weighted by molar-refractivity contribution is 0.194. The zero-order valence-electron chi connectivity index (χ0n) is 9.30. The van der Waals surface area contributed by atoms with E-state index in [1.807, 2.05) is 6.07 Å². The summed E-state index contributed by atoms with van der Waals surface area (Å²) in [6.45, 7) is 1.68. The number of aliphatic hydroxyl groups excluding tert-OH is 1. The summed E-state index contributed by atoms with van der Waals surface area (Å²) in [5.41, 5.74) is 0.647. The molecule has 0 bridgehead atoms. The van der Waals surface area contributed by atoms with Gasteiger partial charge in [-0.2, -0.15) is 0 Å². The Bertz CT molecular complexity index is 482. The Morgan fingerprint density at radius 2 is 1.76 bits per heavy atom. The summed E-state index contributed by atoms with van der Waals surface area (Å²) >= 11 is 1.51. The first-order valence-corrected chi connectivity index (χ1v) is 6.04. The van der Waals surface area contributed by atoms with E-state index in [4.69, 9.17) is 0 Å². The van der Waals surface area contributed by atoms with Gasteiger partial charge in [0.1, 0.15) is 5.82 Å². The molecule has 0 unspecified atom stereocenters. The Hall–Kier alpha value is -1.39. The largest absolute Gasteiger partial charge is 0.387 e. The number of benzene rings is 1. The quantitative estimate of drug-likeness (QED) is 0.904. The van der Waals surface area contributed by atoms with E-state index in [1.54, 1.807) is 31.3 Å². The fraction of sp³-hybridized carbons (Fsp3) is 0.154. The highest BCUT2D eigenvalue weighted by atomic mass is 32.2. The molecule has 1 heterocycles. The molecule has 88 valence electrons. The number of halogens is 1. The predicted octanol–water partition coefficient (Wildman–Crippen LogP) is 3.43. The van der Waals surface area contributed by atoms with Gasteiger partial charge in [-0.3, -0.25) is 4.98 Å². The molecule has 1 N–H and O–H groups in total. The lowest BCUT2D eigenvalue weighted by Gasteiger charge is -2.05. The Morgan fingerprint density at radius 1 is 1.12 bits per heavy atom. The van der Waals surface area contributed by atoms with E-state index in [0.29, 0.717) is 5.69 Å². The fourth-order valence-electron chi connectivity index (χ4n) is 1.34. The van der Waals surface area contributed by atoms with Crippen molar-refractivity contribution in [2.75, 3.05) is 0 Å². The SMILES string of the molecule is C[C@@H](O)c1ccc(Sc2ccc(F)cc2)cn1. The van der Waals surface area contributed by atoms with Crippen molar-refractivity contribution in [3.8, 4) is 0 Å². The average Bonchev–Trinajstić information content (AvgIpc) is 2.33. The highest BCUT2D eigenvalue weighted by Gasteiger charge is 2.03. The van der Waals surface area contributed by atoms with Gasteiger partial charge in [0.25, 0.3) is 0 Å². The molecule has 2 rings (SSSR count). The molecule has 0 saturated carbocycles. The van der Waals surface area contributed by atoms with Gasteiger partial charge in [0.15, 0.2) is 0 Å². The van der Waals surface area contributed by atoms with Crippen LogP contribution < -0.4 is 0 Å². The molecule has 0 saturated heterocycles. The van der Waals surface area contributed by atoms with Crippen LogP contribution >= 0.6 is 11.8 Å². The number of aliphatic hydroxyl groups is 1. The summed E-state index contributed by atoms with van der Waals surface area (Å²) in [7, 11) is 0. The van der Waals surface area contributed by atoms with Crippen LogP contribution in [-0.4, -0.2) is 10.1 Å². The van der Waals surface area contributed by atoms with Gasteiger partial charge >= 0.3 is 0 Å². The second-order valence-electron chi connectivity index (χ2n) is 3.65. The first-order valence-electron chi connectivity index (χ1n) is 5.22. The summed E-state index contributed by atoms with van der Waals surface area (Å²) in [5, 5.41) is 9.32. The van der Waals surface area contributed by atoms with E-state index in [0.717, 1.165) is 9.79 Å². The standard InChI is InChI=1S/C13H12FNOS/c1-9(16)13-7-6-12(8-15-13)17-11-4-2-10(14)3-5-11/h2-9,16H,1H3/t9-/m1/s1. The van der Waals surface area contributed by atoms with E-state index in [2.05, 4.69) is 4.98 Å². The molecule has 0 aliphatic rings. The van der Waals surface area contributed by atoms with Crippen LogP contribution in [0, 0.1) is 5.82 Å². The van der Waals surface area contributed by atoms with Crippen molar-refractivity contribution in [2.45, 2.75) is 22.8 Å². The average molecular weight is 249 g/mol. The number of hydrogen-bond acceptors (Lipinski definition) is 3. The van der Waals surface area contributed by atoms with Crippen LogP contribution in [-0.2, 0) is 0 Å². The minimum absolute atomic E-state index is 0.239. The normalized spacial score (nSPS) is 12.4. The van der Waals surface area contributed by atoms with Crippen LogP contribution in [0.5, 0.6) is 0 Å². The maximum atomic E-state index is 12.7. The highest BCUT2D eigenvalue weighted by molar-refractivity contribution is 7.99. The lowest BCUT2D eigenvalue weighted by Crippen LogP contribution is -1.94.